The lowest BCUT2D eigenvalue weighted by Gasteiger charge is -2.07. The van der Waals surface area contributed by atoms with Crippen molar-refractivity contribution in [3.8, 4) is 10.6 Å². The Balaban J connectivity index is 1.82. The number of aryl methyl sites for hydroxylation is 2. The molecule has 0 radical (unpaired) electrons. The van der Waals surface area contributed by atoms with Gasteiger partial charge in [0.1, 0.15) is 5.01 Å². The summed E-state index contributed by atoms with van der Waals surface area (Å²) >= 11 is 1.70. The normalized spacial score (nSPS) is 10.5. The van der Waals surface area contributed by atoms with E-state index in [0.29, 0.717) is 0 Å². The summed E-state index contributed by atoms with van der Waals surface area (Å²) < 4.78 is 0. The van der Waals surface area contributed by atoms with Gasteiger partial charge in [-0.3, -0.25) is 0 Å². The molecule has 3 aromatic rings. The van der Waals surface area contributed by atoms with E-state index in [0.717, 1.165) is 17.8 Å². The average Bonchev–Trinajstić information content (AvgIpc) is 3.01. The summed E-state index contributed by atoms with van der Waals surface area (Å²) in [5.41, 5.74) is 4.03. The molecule has 0 spiro atoms. The SMILES string of the molecule is c1ccc(CCc2ccccc2-c2nccs2)cc1. The number of nitrogens with zero attached hydrogens (tertiary/aromatic N) is 1. The van der Waals surface area contributed by atoms with Gasteiger partial charge >= 0.3 is 0 Å². The third kappa shape index (κ3) is 2.91. The van der Waals surface area contributed by atoms with E-state index in [4.69, 9.17) is 0 Å². The topological polar surface area (TPSA) is 12.9 Å². The van der Waals surface area contributed by atoms with Gasteiger partial charge in [0.15, 0.2) is 0 Å². The number of aromatic nitrogens is 1. The summed E-state index contributed by atoms with van der Waals surface area (Å²) in [7, 11) is 0. The van der Waals surface area contributed by atoms with E-state index < -0.39 is 0 Å². The largest absolute Gasteiger partial charge is 0.245 e. The summed E-state index contributed by atoms with van der Waals surface area (Å²) in [5.74, 6) is 0. The van der Waals surface area contributed by atoms with Crippen LogP contribution in [0.1, 0.15) is 11.1 Å². The van der Waals surface area contributed by atoms with Crippen molar-refractivity contribution in [1.29, 1.82) is 0 Å². The maximum atomic E-state index is 4.42. The van der Waals surface area contributed by atoms with E-state index in [9.17, 15) is 0 Å². The molecule has 3 rings (SSSR count). The predicted octanol–water partition coefficient (Wildman–Crippen LogP) is 4.60. The summed E-state index contributed by atoms with van der Waals surface area (Å²) in [4.78, 5) is 4.42. The minimum Gasteiger partial charge on any atom is -0.245 e. The molecule has 0 aliphatic rings. The van der Waals surface area contributed by atoms with Crippen LogP contribution in [-0.2, 0) is 12.8 Å². The van der Waals surface area contributed by atoms with Crippen molar-refractivity contribution in [2.24, 2.45) is 0 Å². The highest BCUT2D eigenvalue weighted by molar-refractivity contribution is 7.13. The smallest absolute Gasteiger partial charge is 0.123 e. The van der Waals surface area contributed by atoms with Crippen molar-refractivity contribution in [2.75, 3.05) is 0 Å². The Labute approximate surface area is 117 Å². The molecular formula is C17H15NS. The Morgan fingerprint density at radius 2 is 1.63 bits per heavy atom. The van der Waals surface area contributed by atoms with Crippen LogP contribution < -0.4 is 0 Å². The molecule has 0 saturated heterocycles. The van der Waals surface area contributed by atoms with Crippen molar-refractivity contribution in [3.05, 3.63) is 77.3 Å². The molecule has 0 unspecified atom stereocenters. The molecule has 94 valence electrons. The Hall–Kier alpha value is -1.93. The highest BCUT2D eigenvalue weighted by Crippen LogP contribution is 2.26. The second-order valence-electron chi connectivity index (χ2n) is 4.48. The lowest BCUT2D eigenvalue weighted by Crippen LogP contribution is -1.93. The van der Waals surface area contributed by atoms with Gasteiger partial charge in [0.2, 0.25) is 0 Å². The standard InChI is InChI=1S/C17H15NS/c1-2-6-14(7-3-1)10-11-15-8-4-5-9-16(15)17-18-12-13-19-17/h1-9,12-13H,10-11H2. The van der Waals surface area contributed by atoms with Gasteiger partial charge in [-0.05, 0) is 24.0 Å². The fourth-order valence-corrected chi connectivity index (χ4v) is 2.93. The molecule has 0 atom stereocenters. The molecule has 0 saturated carbocycles. The lowest BCUT2D eigenvalue weighted by atomic mass is 10.0. The average molecular weight is 265 g/mol. The van der Waals surface area contributed by atoms with Crippen LogP contribution in [0.3, 0.4) is 0 Å². The lowest BCUT2D eigenvalue weighted by molar-refractivity contribution is 0.962. The highest BCUT2D eigenvalue weighted by atomic mass is 32.1. The van der Waals surface area contributed by atoms with Crippen LogP contribution in [0.25, 0.3) is 10.6 Å². The number of benzene rings is 2. The maximum absolute atomic E-state index is 4.42. The molecule has 1 heterocycles. The molecular weight excluding hydrogens is 250 g/mol. The molecule has 0 aliphatic carbocycles. The zero-order chi connectivity index (χ0) is 12.9. The number of hydrogen-bond acceptors (Lipinski definition) is 2. The van der Waals surface area contributed by atoms with Crippen molar-refractivity contribution in [1.82, 2.24) is 4.98 Å². The molecule has 1 aromatic heterocycles. The number of thiazole rings is 1. The fourth-order valence-electron chi connectivity index (χ4n) is 2.23. The van der Waals surface area contributed by atoms with Crippen LogP contribution in [0.2, 0.25) is 0 Å². The zero-order valence-corrected chi connectivity index (χ0v) is 11.4. The van der Waals surface area contributed by atoms with Gasteiger partial charge in [-0.15, -0.1) is 11.3 Å². The second kappa shape index (κ2) is 5.81. The first-order valence-corrected chi connectivity index (χ1v) is 7.33. The molecule has 19 heavy (non-hydrogen) atoms. The molecule has 1 nitrogen and oxygen atoms in total. The van der Waals surface area contributed by atoms with Crippen LogP contribution in [0, 0.1) is 0 Å². The zero-order valence-electron chi connectivity index (χ0n) is 10.6. The van der Waals surface area contributed by atoms with Crippen molar-refractivity contribution in [2.45, 2.75) is 12.8 Å². The number of rotatable bonds is 4. The summed E-state index contributed by atoms with van der Waals surface area (Å²) in [5, 5.41) is 3.15. The van der Waals surface area contributed by atoms with E-state index in [1.807, 2.05) is 11.6 Å². The quantitative estimate of drug-likeness (QED) is 0.672. The van der Waals surface area contributed by atoms with Gasteiger partial charge in [0.25, 0.3) is 0 Å². The van der Waals surface area contributed by atoms with Crippen molar-refractivity contribution >= 4 is 11.3 Å². The van der Waals surface area contributed by atoms with Crippen LogP contribution in [0.15, 0.2) is 66.2 Å². The van der Waals surface area contributed by atoms with Crippen LogP contribution >= 0.6 is 11.3 Å². The van der Waals surface area contributed by atoms with Gasteiger partial charge in [0.05, 0.1) is 0 Å². The van der Waals surface area contributed by atoms with E-state index in [2.05, 4.69) is 59.6 Å². The van der Waals surface area contributed by atoms with E-state index in [-0.39, 0.29) is 0 Å². The molecule has 0 fully saturated rings. The Kier molecular flexibility index (Phi) is 3.70. The summed E-state index contributed by atoms with van der Waals surface area (Å²) in [6, 6.07) is 19.2. The van der Waals surface area contributed by atoms with E-state index in [1.54, 1.807) is 11.3 Å². The van der Waals surface area contributed by atoms with Crippen LogP contribution in [-0.4, -0.2) is 4.98 Å². The monoisotopic (exact) mass is 265 g/mol. The van der Waals surface area contributed by atoms with Crippen LogP contribution in [0.5, 0.6) is 0 Å². The summed E-state index contributed by atoms with van der Waals surface area (Å²) in [6.45, 7) is 0. The third-order valence-electron chi connectivity index (χ3n) is 3.21. The molecule has 2 heteroatoms. The van der Waals surface area contributed by atoms with Gasteiger partial charge in [-0.25, -0.2) is 4.98 Å². The van der Waals surface area contributed by atoms with Gasteiger partial charge in [-0.2, -0.15) is 0 Å². The van der Waals surface area contributed by atoms with Gasteiger partial charge < -0.3 is 0 Å². The summed E-state index contributed by atoms with van der Waals surface area (Å²) in [6.07, 6.45) is 4.00. The minimum atomic E-state index is 1.06. The highest BCUT2D eigenvalue weighted by Gasteiger charge is 2.06. The van der Waals surface area contributed by atoms with Crippen LogP contribution in [0.4, 0.5) is 0 Å². The maximum Gasteiger partial charge on any atom is 0.123 e. The number of hydrogen-bond donors (Lipinski definition) is 0. The van der Waals surface area contributed by atoms with E-state index >= 15 is 0 Å². The van der Waals surface area contributed by atoms with Crippen molar-refractivity contribution < 1.29 is 0 Å². The molecule has 0 amide bonds. The third-order valence-corrected chi connectivity index (χ3v) is 4.01. The fraction of sp³-hybridized carbons (Fsp3) is 0.118. The first-order valence-electron chi connectivity index (χ1n) is 6.45. The first kappa shape index (κ1) is 12.1. The Morgan fingerprint density at radius 1 is 0.842 bits per heavy atom. The molecule has 0 aliphatic heterocycles. The Morgan fingerprint density at radius 3 is 2.42 bits per heavy atom. The molecule has 0 N–H and O–H groups in total. The van der Waals surface area contributed by atoms with Gasteiger partial charge in [-0.1, -0.05) is 54.6 Å². The predicted molar refractivity (Wildman–Crippen MR) is 81.4 cm³/mol. The van der Waals surface area contributed by atoms with Crippen molar-refractivity contribution in [3.63, 3.8) is 0 Å². The van der Waals surface area contributed by atoms with E-state index in [1.165, 1.54) is 16.7 Å². The molecule has 2 aromatic carbocycles. The second-order valence-corrected chi connectivity index (χ2v) is 5.37. The van der Waals surface area contributed by atoms with Gasteiger partial charge in [0, 0.05) is 17.1 Å². The molecule has 0 bridgehead atoms. The minimum absolute atomic E-state index is 1.06. The Bertz CT molecular complexity index is 629. The first-order chi connectivity index (χ1) is 9.43.